The predicted octanol–water partition coefficient (Wildman–Crippen LogP) is 5.03. The van der Waals surface area contributed by atoms with Crippen molar-refractivity contribution >= 4 is 64.5 Å². The van der Waals surface area contributed by atoms with Crippen LogP contribution in [0.25, 0.3) is 10.2 Å². The van der Waals surface area contributed by atoms with E-state index in [0.29, 0.717) is 5.13 Å². The summed E-state index contributed by atoms with van der Waals surface area (Å²) in [6, 6.07) is 2.06. The van der Waals surface area contributed by atoms with Crippen molar-refractivity contribution in [3.05, 3.63) is 21.7 Å². The van der Waals surface area contributed by atoms with Crippen molar-refractivity contribution < 1.29 is 4.79 Å². The summed E-state index contributed by atoms with van der Waals surface area (Å²) in [4.78, 5) is 16.4. The average molecular weight is 420 g/mol. The van der Waals surface area contributed by atoms with Gasteiger partial charge in [0.2, 0.25) is 5.91 Å². The molecule has 0 bridgehead atoms. The van der Waals surface area contributed by atoms with Crippen LogP contribution in [0.15, 0.2) is 10.5 Å². The summed E-state index contributed by atoms with van der Waals surface area (Å²) in [6.45, 7) is 8.16. The fourth-order valence-electron chi connectivity index (χ4n) is 1.81. The Balaban J connectivity index is 2.36. The van der Waals surface area contributed by atoms with Gasteiger partial charge < -0.3 is 5.32 Å². The first-order valence-corrected chi connectivity index (χ1v) is 8.85. The van der Waals surface area contributed by atoms with Crippen LogP contribution in [0.5, 0.6) is 0 Å². The monoisotopic (exact) mass is 418 g/mol. The molecule has 1 aromatic carbocycles. The molecule has 0 aliphatic heterocycles. The maximum Gasteiger partial charge on any atom is 0.240 e. The molecule has 2 aromatic rings. The first-order chi connectivity index (χ1) is 9.31. The van der Waals surface area contributed by atoms with Crippen molar-refractivity contribution in [2.45, 2.75) is 32.5 Å². The van der Waals surface area contributed by atoms with Crippen LogP contribution in [0, 0.1) is 19.8 Å². The molecule has 0 spiro atoms. The van der Waals surface area contributed by atoms with Crippen LogP contribution in [0.1, 0.15) is 25.0 Å². The molecule has 0 aliphatic carbocycles. The predicted molar refractivity (Wildman–Crippen MR) is 93.0 cm³/mol. The molecule has 1 heterocycles. The second-order valence-corrected chi connectivity index (χ2v) is 7.97. The molecule has 2 rings (SSSR count). The van der Waals surface area contributed by atoms with Crippen LogP contribution in [0.3, 0.4) is 0 Å². The van der Waals surface area contributed by atoms with Crippen LogP contribution in [-0.4, -0.2) is 15.7 Å². The van der Waals surface area contributed by atoms with Gasteiger partial charge in [0.25, 0.3) is 0 Å². The number of aryl methyl sites for hydroxylation is 2. The van der Waals surface area contributed by atoms with Crippen LogP contribution in [-0.2, 0) is 4.79 Å². The van der Waals surface area contributed by atoms with Crippen molar-refractivity contribution in [2.75, 3.05) is 5.32 Å². The highest BCUT2D eigenvalue weighted by molar-refractivity contribution is 9.10. The van der Waals surface area contributed by atoms with Crippen molar-refractivity contribution in [3.63, 3.8) is 0 Å². The standard InChI is InChI=1S/C14H16Br2N2OS/c1-6(2)10(16)13(19)18-14-17-11-9(15)5-7(3)8(4)12(11)20-14/h5-6,10H,1-4H3,(H,17,18,19)/t10-/m1/s1. The number of carbonyl (C=O) groups is 1. The number of fused-ring (bicyclic) bond motifs is 1. The minimum Gasteiger partial charge on any atom is -0.301 e. The number of nitrogens with one attached hydrogen (secondary N) is 1. The summed E-state index contributed by atoms with van der Waals surface area (Å²) in [5, 5.41) is 3.53. The van der Waals surface area contributed by atoms with Gasteiger partial charge in [0.1, 0.15) is 0 Å². The molecule has 1 N–H and O–H groups in total. The fourth-order valence-corrected chi connectivity index (χ4v) is 3.74. The molecule has 0 unspecified atom stereocenters. The van der Waals surface area contributed by atoms with Gasteiger partial charge in [0.05, 0.1) is 15.0 Å². The van der Waals surface area contributed by atoms with E-state index in [1.807, 2.05) is 13.8 Å². The average Bonchev–Trinajstić information content (AvgIpc) is 2.79. The zero-order chi connectivity index (χ0) is 15.0. The summed E-state index contributed by atoms with van der Waals surface area (Å²) in [7, 11) is 0. The Morgan fingerprint density at radius 3 is 2.65 bits per heavy atom. The number of hydrogen-bond acceptors (Lipinski definition) is 3. The minimum atomic E-state index is -0.208. The Morgan fingerprint density at radius 2 is 2.05 bits per heavy atom. The van der Waals surface area contributed by atoms with Gasteiger partial charge >= 0.3 is 0 Å². The van der Waals surface area contributed by atoms with E-state index in [-0.39, 0.29) is 16.7 Å². The second kappa shape index (κ2) is 6.12. The maximum absolute atomic E-state index is 12.1. The fraction of sp³-hybridized carbons (Fsp3) is 0.429. The van der Waals surface area contributed by atoms with Crippen molar-refractivity contribution in [1.29, 1.82) is 0 Å². The molecule has 1 aromatic heterocycles. The summed E-state index contributed by atoms with van der Waals surface area (Å²) in [5.41, 5.74) is 3.33. The molecule has 0 fully saturated rings. The molecular formula is C14H16Br2N2OS. The van der Waals surface area contributed by atoms with E-state index in [0.717, 1.165) is 14.7 Å². The van der Waals surface area contributed by atoms with Gasteiger partial charge in [-0.1, -0.05) is 41.1 Å². The third-order valence-electron chi connectivity index (χ3n) is 3.19. The highest BCUT2D eigenvalue weighted by Crippen LogP contribution is 2.35. The highest BCUT2D eigenvalue weighted by atomic mass is 79.9. The van der Waals surface area contributed by atoms with E-state index >= 15 is 0 Å². The van der Waals surface area contributed by atoms with Gasteiger partial charge in [0.15, 0.2) is 5.13 Å². The van der Waals surface area contributed by atoms with Crippen LogP contribution >= 0.6 is 43.2 Å². The number of thiazole rings is 1. The van der Waals surface area contributed by atoms with E-state index in [4.69, 9.17) is 0 Å². The lowest BCUT2D eigenvalue weighted by Gasteiger charge is -2.11. The summed E-state index contributed by atoms with van der Waals surface area (Å²) >= 11 is 8.46. The van der Waals surface area contributed by atoms with Gasteiger partial charge in [-0.3, -0.25) is 4.79 Å². The lowest BCUT2D eigenvalue weighted by Crippen LogP contribution is -2.26. The summed E-state index contributed by atoms with van der Waals surface area (Å²) in [6.07, 6.45) is 0. The van der Waals surface area contributed by atoms with Crippen LogP contribution < -0.4 is 5.32 Å². The number of carbonyl (C=O) groups excluding carboxylic acids is 1. The van der Waals surface area contributed by atoms with Gasteiger partial charge in [-0.05, 0) is 52.9 Å². The lowest BCUT2D eigenvalue weighted by molar-refractivity contribution is -0.116. The Hall–Kier alpha value is -0.460. The zero-order valence-corrected chi connectivity index (χ0v) is 15.7. The van der Waals surface area contributed by atoms with Crippen molar-refractivity contribution in [1.82, 2.24) is 4.98 Å². The van der Waals surface area contributed by atoms with Gasteiger partial charge in [-0.15, -0.1) is 0 Å². The Morgan fingerprint density at radius 1 is 1.40 bits per heavy atom. The summed E-state index contributed by atoms with van der Waals surface area (Å²) < 4.78 is 2.08. The number of halogens is 2. The largest absolute Gasteiger partial charge is 0.301 e. The third kappa shape index (κ3) is 3.07. The number of rotatable bonds is 3. The molecule has 108 valence electrons. The van der Waals surface area contributed by atoms with Gasteiger partial charge in [0, 0.05) is 4.47 Å². The lowest BCUT2D eigenvalue weighted by atomic mass is 10.1. The van der Waals surface area contributed by atoms with Gasteiger partial charge in [-0.2, -0.15) is 0 Å². The first-order valence-electron chi connectivity index (χ1n) is 6.32. The van der Waals surface area contributed by atoms with Crippen molar-refractivity contribution in [2.24, 2.45) is 5.92 Å². The van der Waals surface area contributed by atoms with E-state index in [1.165, 1.54) is 22.5 Å². The highest BCUT2D eigenvalue weighted by Gasteiger charge is 2.20. The molecule has 0 saturated carbocycles. The molecule has 6 heteroatoms. The Labute approximate surface area is 139 Å². The number of nitrogens with zero attached hydrogens (tertiary/aromatic N) is 1. The molecule has 1 amide bonds. The van der Waals surface area contributed by atoms with Crippen LogP contribution in [0.2, 0.25) is 0 Å². The van der Waals surface area contributed by atoms with Gasteiger partial charge in [-0.25, -0.2) is 4.98 Å². The smallest absolute Gasteiger partial charge is 0.240 e. The zero-order valence-electron chi connectivity index (χ0n) is 11.8. The Bertz CT molecular complexity index is 667. The topological polar surface area (TPSA) is 42.0 Å². The van der Waals surface area contributed by atoms with Crippen molar-refractivity contribution in [3.8, 4) is 0 Å². The quantitative estimate of drug-likeness (QED) is 0.708. The molecule has 1 atom stereocenters. The number of alkyl halides is 1. The second-order valence-electron chi connectivity index (χ2n) is 5.13. The van der Waals surface area contributed by atoms with E-state index < -0.39 is 0 Å². The number of amides is 1. The maximum atomic E-state index is 12.1. The molecule has 0 saturated heterocycles. The molecule has 0 radical (unpaired) electrons. The number of benzene rings is 1. The number of hydrogen-bond donors (Lipinski definition) is 1. The number of aromatic nitrogens is 1. The molecule has 0 aliphatic rings. The van der Waals surface area contributed by atoms with E-state index in [2.05, 4.69) is 62.1 Å². The molecular weight excluding hydrogens is 404 g/mol. The van der Waals surface area contributed by atoms with E-state index in [9.17, 15) is 4.79 Å². The Kier molecular flexibility index (Phi) is 4.87. The SMILES string of the molecule is Cc1cc(Br)c2nc(NC(=O)[C@H](Br)C(C)C)sc2c1C. The van der Waals surface area contributed by atoms with Crippen LogP contribution in [0.4, 0.5) is 5.13 Å². The number of anilines is 1. The molecule has 3 nitrogen and oxygen atoms in total. The van der Waals surface area contributed by atoms with E-state index in [1.54, 1.807) is 0 Å². The summed E-state index contributed by atoms with van der Waals surface area (Å²) in [5.74, 6) is 0.185. The first kappa shape index (κ1) is 15.9. The molecule has 20 heavy (non-hydrogen) atoms. The minimum absolute atomic E-state index is 0.0513. The normalized spacial score (nSPS) is 12.9. The third-order valence-corrected chi connectivity index (χ3v) is 6.36.